The van der Waals surface area contributed by atoms with E-state index in [1.54, 1.807) is 23.8 Å². The number of nitrogens with one attached hydrogen (secondary N) is 3. The van der Waals surface area contributed by atoms with Crippen LogP contribution in [0.4, 0.5) is 21.0 Å². The number of carbonyl (C=O) groups excluding carboxylic acids is 1. The van der Waals surface area contributed by atoms with Gasteiger partial charge in [0, 0.05) is 37.0 Å². The van der Waals surface area contributed by atoms with E-state index < -0.39 is 18.4 Å². The van der Waals surface area contributed by atoms with Crippen LogP contribution >= 0.6 is 11.6 Å². The summed E-state index contributed by atoms with van der Waals surface area (Å²) < 4.78 is 26.6. The Morgan fingerprint density at radius 1 is 1.44 bits per heavy atom. The maximum absolute atomic E-state index is 14.5. The number of anilines is 2. The highest BCUT2D eigenvalue weighted by Gasteiger charge is 2.38. The van der Waals surface area contributed by atoms with Gasteiger partial charge in [-0.05, 0) is 26.7 Å². The van der Waals surface area contributed by atoms with Gasteiger partial charge in [-0.3, -0.25) is 9.50 Å². The minimum atomic E-state index is -1.24. The largest absolute Gasteiger partial charge is 0.443 e. The molecular formula is C20H25ClFN7O3. The number of aromatic nitrogens is 5. The highest BCUT2D eigenvalue weighted by Crippen LogP contribution is 2.38. The number of carbonyl (C=O) groups is 1. The average Bonchev–Trinajstić information content (AvgIpc) is 3.43. The molecule has 0 spiro atoms. The Morgan fingerprint density at radius 3 is 3.00 bits per heavy atom. The molecule has 1 aliphatic carbocycles. The lowest BCUT2D eigenvalue weighted by Crippen LogP contribution is -2.35. The van der Waals surface area contributed by atoms with E-state index in [0.29, 0.717) is 41.2 Å². The van der Waals surface area contributed by atoms with Crippen molar-refractivity contribution in [3.63, 3.8) is 0 Å². The zero-order chi connectivity index (χ0) is 22.8. The Morgan fingerprint density at radius 2 is 2.25 bits per heavy atom. The van der Waals surface area contributed by atoms with Crippen molar-refractivity contribution in [1.29, 1.82) is 0 Å². The first-order valence-corrected chi connectivity index (χ1v) is 10.7. The Bertz CT molecular complexity index is 1100. The molecule has 3 N–H and O–H groups in total. The van der Waals surface area contributed by atoms with Gasteiger partial charge in [-0.25, -0.2) is 19.2 Å². The van der Waals surface area contributed by atoms with E-state index in [4.69, 9.17) is 21.1 Å². The molecule has 0 radical (unpaired) electrons. The molecule has 172 valence electrons. The van der Waals surface area contributed by atoms with Crippen molar-refractivity contribution >= 4 is 35.1 Å². The fourth-order valence-corrected chi connectivity index (χ4v) is 3.94. The number of aromatic amines is 1. The van der Waals surface area contributed by atoms with Crippen LogP contribution in [0, 0.1) is 0 Å². The summed E-state index contributed by atoms with van der Waals surface area (Å²) in [6, 6.07) is 1.72. The topological polar surface area (TPSA) is 118 Å². The van der Waals surface area contributed by atoms with E-state index in [0.717, 1.165) is 5.69 Å². The molecule has 0 unspecified atom stereocenters. The number of hydrogen-bond donors (Lipinski definition) is 3. The van der Waals surface area contributed by atoms with E-state index >= 15 is 0 Å². The summed E-state index contributed by atoms with van der Waals surface area (Å²) >= 11 is 6.21. The second-order valence-corrected chi connectivity index (χ2v) is 8.46. The van der Waals surface area contributed by atoms with Gasteiger partial charge in [0.25, 0.3) is 0 Å². The molecular weight excluding hydrogens is 441 g/mol. The van der Waals surface area contributed by atoms with E-state index in [9.17, 15) is 9.18 Å². The third kappa shape index (κ3) is 4.78. The number of ether oxygens (including phenoxy) is 2. The zero-order valence-corrected chi connectivity index (χ0v) is 18.7. The second kappa shape index (κ2) is 9.29. The summed E-state index contributed by atoms with van der Waals surface area (Å²) in [5, 5.41) is 13.4. The highest BCUT2D eigenvalue weighted by molar-refractivity contribution is 6.33. The lowest BCUT2D eigenvalue weighted by atomic mass is 10.0. The SMILES string of the molecule is COCc1cn2c(Nc3cc([C@H]4C[C@@H](F)[C@@H](OC(=O)NC(C)C)C4)[nH]n3)ncc(Cl)c2n1. The number of amides is 1. The van der Waals surface area contributed by atoms with Crippen LogP contribution in [-0.4, -0.2) is 56.1 Å². The molecule has 3 heterocycles. The minimum absolute atomic E-state index is 0.0759. The number of halogens is 2. The van der Waals surface area contributed by atoms with Gasteiger partial charge in [-0.15, -0.1) is 0 Å². The van der Waals surface area contributed by atoms with Gasteiger partial charge >= 0.3 is 6.09 Å². The number of rotatable bonds is 7. The van der Waals surface area contributed by atoms with Gasteiger partial charge in [0.15, 0.2) is 11.5 Å². The van der Waals surface area contributed by atoms with Crippen molar-refractivity contribution in [3.8, 4) is 0 Å². The first-order valence-electron chi connectivity index (χ1n) is 10.3. The highest BCUT2D eigenvalue weighted by atomic mass is 35.5. The summed E-state index contributed by atoms with van der Waals surface area (Å²) in [7, 11) is 1.59. The number of nitrogens with zero attached hydrogens (tertiary/aromatic N) is 4. The van der Waals surface area contributed by atoms with E-state index in [2.05, 4.69) is 30.8 Å². The lowest BCUT2D eigenvalue weighted by Gasteiger charge is -2.16. The number of alkyl carbamates (subject to hydrolysis) is 1. The van der Waals surface area contributed by atoms with Crippen molar-refractivity contribution in [2.45, 2.75) is 57.5 Å². The molecule has 0 bridgehead atoms. The molecule has 3 aromatic heterocycles. The third-order valence-corrected chi connectivity index (χ3v) is 5.43. The van der Waals surface area contributed by atoms with Crippen LogP contribution in [0.5, 0.6) is 0 Å². The summed E-state index contributed by atoms with van der Waals surface area (Å²) in [5.41, 5.74) is 2.00. The van der Waals surface area contributed by atoms with Crippen molar-refractivity contribution < 1.29 is 18.7 Å². The van der Waals surface area contributed by atoms with Crippen LogP contribution < -0.4 is 10.6 Å². The van der Waals surface area contributed by atoms with Gasteiger partial charge in [0.1, 0.15) is 17.3 Å². The van der Waals surface area contributed by atoms with Gasteiger partial charge < -0.3 is 20.1 Å². The number of hydrogen-bond acceptors (Lipinski definition) is 7. The molecule has 0 aliphatic heterocycles. The Kier molecular flexibility index (Phi) is 6.47. The maximum Gasteiger partial charge on any atom is 0.407 e. The smallest absolute Gasteiger partial charge is 0.407 e. The van der Waals surface area contributed by atoms with Crippen molar-refractivity contribution in [2.24, 2.45) is 0 Å². The average molecular weight is 466 g/mol. The zero-order valence-electron chi connectivity index (χ0n) is 17.9. The molecule has 1 saturated carbocycles. The summed E-state index contributed by atoms with van der Waals surface area (Å²) in [4.78, 5) is 20.6. The van der Waals surface area contributed by atoms with Crippen LogP contribution in [-0.2, 0) is 16.1 Å². The molecule has 0 saturated heterocycles. The van der Waals surface area contributed by atoms with Crippen molar-refractivity contribution in [2.75, 3.05) is 12.4 Å². The molecule has 10 nitrogen and oxygen atoms in total. The number of H-pyrrole nitrogens is 1. The molecule has 1 aliphatic rings. The van der Waals surface area contributed by atoms with Crippen LogP contribution in [0.25, 0.3) is 5.65 Å². The quantitative estimate of drug-likeness (QED) is 0.486. The van der Waals surface area contributed by atoms with Gasteiger partial charge in [0.2, 0.25) is 5.95 Å². The lowest BCUT2D eigenvalue weighted by molar-refractivity contribution is 0.0593. The number of imidazole rings is 1. The second-order valence-electron chi connectivity index (χ2n) is 8.05. The predicted molar refractivity (Wildman–Crippen MR) is 116 cm³/mol. The van der Waals surface area contributed by atoms with Gasteiger partial charge in [-0.2, -0.15) is 5.10 Å². The number of alkyl halides is 1. The Hall–Kier alpha value is -2.92. The standard InChI is InChI=1S/C20H25ClFN7O3/c1-10(2)24-20(30)32-16-5-11(4-14(16)22)15-6-17(28-27-15)26-19-23-7-13(21)18-25-12(9-31-3)8-29(18)19/h6-8,10-11,14,16H,4-5,9H2,1-3H3,(H,24,30)(H2,23,26,27,28)/t11-,14+,16-/m0/s1. The molecule has 0 aromatic carbocycles. The van der Waals surface area contributed by atoms with Crippen LogP contribution in [0.3, 0.4) is 0 Å². The van der Waals surface area contributed by atoms with Gasteiger partial charge in [-0.1, -0.05) is 11.6 Å². The molecule has 1 fully saturated rings. The fourth-order valence-electron chi connectivity index (χ4n) is 3.76. The number of methoxy groups -OCH3 is 1. The molecule has 3 aromatic rings. The van der Waals surface area contributed by atoms with E-state index in [1.165, 1.54) is 6.20 Å². The monoisotopic (exact) mass is 465 g/mol. The Labute approximate surface area is 188 Å². The molecule has 3 atom stereocenters. The van der Waals surface area contributed by atoms with E-state index in [-0.39, 0.29) is 18.4 Å². The van der Waals surface area contributed by atoms with Gasteiger partial charge in [0.05, 0.1) is 18.5 Å². The first-order chi connectivity index (χ1) is 15.3. The maximum atomic E-state index is 14.5. The summed E-state index contributed by atoms with van der Waals surface area (Å²) in [5.74, 6) is 0.832. The first kappa shape index (κ1) is 22.3. The summed E-state index contributed by atoms with van der Waals surface area (Å²) in [6.45, 7) is 3.97. The van der Waals surface area contributed by atoms with Crippen LogP contribution in [0.1, 0.15) is 44.0 Å². The van der Waals surface area contributed by atoms with Crippen LogP contribution in [0.2, 0.25) is 5.02 Å². The predicted octanol–water partition coefficient (Wildman–Crippen LogP) is 3.71. The number of fused-ring (bicyclic) bond motifs is 1. The molecule has 4 rings (SSSR count). The molecule has 1 amide bonds. The minimum Gasteiger partial charge on any atom is -0.443 e. The normalized spacial score (nSPS) is 20.8. The summed E-state index contributed by atoms with van der Waals surface area (Å²) in [6.07, 6.45) is 1.27. The van der Waals surface area contributed by atoms with Crippen molar-refractivity contribution in [3.05, 3.63) is 34.9 Å². The fraction of sp³-hybridized carbons (Fsp3) is 0.500. The third-order valence-electron chi connectivity index (χ3n) is 5.16. The molecule has 12 heteroatoms. The van der Waals surface area contributed by atoms with Crippen molar-refractivity contribution in [1.82, 2.24) is 29.9 Å². The molecule has 32 heavy (non-hydrogen) atoms. The Balaban J connectivity index is 1.46. The van der Waals surface area contributed by atoms with E-state index in [1.807, 2.05) is 13.8 Å². The van der Waals surface area contributed by atoms with Crippen LogP contribution in [0.15, 0.2) is 18.5 Å².